The summed E-state index contributed by atoms with van der Waals surface area (Å²) in [6.45, 7) is 3.27. The molecular formula is C21H14F2N2O4. The summed E-state index contributed by atoms with van der Waals surface area (Å²) in [5.41, 5.74) is 0.328. The van der Waals surface area contributed by atoms with Gasteiger partial charge in [-0.15, -0.1) is 0 Å². The Morgan fingerprint density at radius 1 is 1.00 bits per heavy atom. The summed E-state index contributed by atoms with van der Waals surface area (Å²) in [7, 11) is 0. The summed E-state index contributed by atoms with van der Waals surface area (Å²) in [6, 6.07) is 7.54. The Morgan fingerprint density at radius 2 is 1.76 bits per heavy atom. The van der Waals surface area contributed by atoms with Gasteiger partial charge in [0.05, 0.1) is 23.1 Å². The molecule has 2 heterocycles. The van der Waals surface area contributed by atoms with Crippen LogP contribution in [0.5, 0.6) is 0 Å². The Hall–Kier alpha value is -3.81. The number of carbonyl (C=O) groups excluding carboxylic acids is 3. The highest BCUT2D eigenvalue weighted by Gasteiger charge is 2.40. The second-order valence-electron chi connectivity index (χ2n) is 6.61. The lowest BCUT2D eigenvalue weighted by Crippen LogP contribution is -2.30. The first-order valence-corrected chi connectivity index (χ1v) is 8.62. The van der Waals surface area contributed by atoms with Gasteiger partial charge in [0.2, 0.25) is 0 Å². The number of benzene rings is 2. The Labute approximate surface area is 163 Å². The average Bonchev–Trinajstić information content (AvgIpc) is 3.21. The molecule has 3 amide bonds. The Balaban J connectivity index is 1.69. The maximum atomic E-state index is 14.8. The van der Waals surface area contributed by atoms with Crippen molar-refractivity contribution < 1.29 is 27.6 Å². The van der Waals surface area contributed by atoms with Crippen LogP contribution in [0.2, 0.25) is 0 Å². The van der Waals surface area contributed by atoms with Crippen LogP contribution in [0.1, 0.15) is 42.4 Å². The van der Waals surface area contributed by atoms with Crippen LogP contribution >= 0.6 is 0 Å². The first-order valence-electron chi connectivity index (χ1n) is 8.62. The van der Waals surface area contributed by atoms with Crippen molar-refractivity contribution in [3.05, 3.63) is 82.3 Å². The standard InChI is InChI=1S/C21H14F2N2O4/c1-10-6-7-29-18(10)19(26)24-15-9-14(23)16(8-11(15)2)25-20(27)12-4-3-5-13(22)17(12)21(25)28/h3-9H,1-2H3,(H,24,26). The molecule has 0 spiro atoms. The molecule has 8 heteroatoms. The summed E-state index contributed by atoms with van der Waals surface area (Å²) in [5, 5.41) is 2.54. The number of anilines is 2. The van der Waals surface area contributed by atoms with Gasteiger partial charge in [0.25, 0.3) is 17.7 Å². The zero-order valence-electron chi connectivity index (χ0n) is 15.4. The van der Waals surface area contributed by atoms with Gasteiger partial charge in [-0.1, -0.05) is 6.07 Å². The highest BCUT2D eigenvalue weighted by molar-refractivity contribution is 6.34. The summed E-state index contributed by atoms with van der Waals surface area (Å²) in [6.07, 6.45) is 1.36. The molecule has 146 valence electrons. The molecule has 3 aromatic rings. The molecular weight excluding hydrogens is 382 g/mol. The molecule has 0 unspecified atom stereocenters. The van der Waals surface area contributed by atoms with E-state index in [1.807, 2.05) is 0 Å². The minimum Gasteiger partial charge on any atom is -0.459 e. The molecule has 0 fully saturated rings. The maximum Gasteiger partial charge on any atom is 0.291 e. The van der Waals surface area contributed by atoms with Gasteiger partial charge < -0.3 is 9.73 Å². The molecule has 0 aliphatic carbocycles. The molecule has 1 aliphatic rings. The van der Waals surface area contributed by atoms with E-state index in [-0.39, 0.29) is 28.3 Å². The van der Waals surface area contributed by atoms with Crippen LogP contribution in [0, 0.1) is 25.5 Å². The number of nitrogens with one attached hydrogen (secondary N) is 1. The number of fused-ring (bicyclic) bond motifs is 1. The van der Waals surface area contributed by atoms with Crippen molar-refractivity contribution in [2.75, 3.05) is 10.2 Å². The predicted molar refractivity (Wildman–Crippen MR) is 100 cm³/mol. The van der Waals surface area contributed by atoms with Crippen LogP contribution < -0.4 is 10.2 Å². The van der Waals surface area contributed by atoms with Crippen molar-refractivity contribution in [2.45, 2.75) is 13.8 Å². The number of halogens is 2. The van der Waals surface area contributed by atoms with E-state index in [4.69, 9.17) is 4.42 Å². The molecule has 0 bridgehead atoms. The van der Waals surface area contributed by atoms with Crippen molar-refractivity contribution in [2.24, 2.45) is 0 Å². The summed E-state index contributed by atoms with van der Waals surface area (Å²) >= 11 is 0. The molecule has 29 heavy (non-hydrogen) atoms. The van der Waals surface area contributed by atoms with E-state index in [9.17, 15) is 23.2 Å². The van der Waals surface area contributed by atoms with Gasteiger partial charge in [-0.2, -0.15) is 0 Å². The predicted octanol–water partition coefficient (Wildman–Crippen LogP) is 4.23. The second kappa shape index (κ2) is 6.66. The van der Waals surface area contributed by atoms with Crippen LogP contribution in [-0.2, 0) is 0 Å². The van der Waals surface area contributed by atoms with Crippen LogP contribution in [0.3, 0.4) is 0 Å². The number of amides is 3. The molecule has 0 saturated carbocycles. The molecule has 1 aromatic heterocycles. The SMILES string of the molecule is Cc1cc(N2C(=O)c3cccc(F)c3C2=O)c(F)cc1NC(=O)c1occc1C. The van der Waals surface area contributed by atoms with Crippen LogP contribution in [0.4, 0.5) is 20.2 Å². The van der Waals surface area contributed by atoms with Crippen LogP contribution in [-0.4, -0.2) is 17.7 Å². The molecule has 1 N–H and O–H groups in total. The number of nitrogens with zero attached hydrogens (tertiary/aromatic N) is 1. The van der Waals surface area contributed by atoms with Gasteiger partial charge in [-0.3, -0.25) is 14.4 Å². The van der Waals surface area contributed by atoms with Gasteiger partial charge in [-0.25, -0.2) is 13.7 Å². The van der Waals surface area contributed by atoms with Crippen molar-refractivity contribution >= 4 is 29.1 Å². The minimum atomic E-state index is -0.940. The number of rotatable bonds is 3. The van der Waals surface area contributed by atoms with Gasteiger partial charge in [0.1, 0.15) is 11.6 Å². The number of furan rings is 1. The third-order valence-electron chi connectivity index (χ3n) is 4.72. The first-order chi connectivity index (χ1) is 13.8. The van der Waals surface area contributed by atoms with Crippen molar-refractivity contribution in [1.82, 2.24) is 0 Å². The van der Waals surface area contributed by atoms with E-state index in [2.05, 4.69) is 5.32 Å². The van der Waals surface area contributed by atoms with Crippen molar-refractivity contribution in [3.8, 4) is 0 Å². The Kier molecular flexibility index (Phi) is 4.26. The van der Waals surface area contributed by atoms with E-state index < -0.39 is 29.4 Å². The maximum absolute atomic E-state index is 14.8. The van der Waals surface area contributed by atoms with Gasteiger partial charge in [0, 0.05) is 11.3 Å². The third kappa shape index (κ3) is 2.89. The van der Waals surface area contributed by atoms with E-state index in [0.717, 1.165) is 12.1 Å². The lowest BCUT2D eigenvalue weighted by Gasteiger charge is -2.17. The molecule has 2 aromatic carbocycles. The van der Waals surface area contributed by atoms with Crippen molar-refractivity contribution in [1.29, 1.82) is 0 Å². The number of hydrogen-bond donors (Lipinski definition) is 1. The fourth-order valence-corrected chi connectivity index (χ4v) is 3.22. The molecule has 0 radical (unpaired) electrons. The van der Waals surface area contributed by atoms with E-state index in [0.29, 0.717) is 16.0 Å². The fourth-order valence-electron chi connectivity index (χ4n) is 3.22. The lowest BCUT2D eigenvalue weighted by molar-refractivity contribution is 0.0922. The van der Waals surface area contributed by atoms with E-state index in [1.54, 1.807) is 19.9 Å². The molecule has 4 rings (SSSR count). The highest BCUT2D eigenvalue weighted by Crippen LogP contribution is 2.34. The molecule has 6 nitrogen and oxygen atoms in total. The first kappa shape index (κ1) is 18.5. The second-order valence-corrected chi connectivity index (χ2v) is 6.61. The van der Waals surface area contributed by atoms with E-state index in [1.165, 1.54) is 24.5 Å². The largest absolute Gasteiger partial charge is 0.459 e. The Morgan fingerprint density at radius 3 is 2.41 bits per heavy atom. The monoisotopic (exact) mass is 396 g/mol. The molecule has 1 aliphatic heterocycles. The fraction of sp³-hybridized carbons (Fsp3) is 0.0952. The Bertz CT molecular complexity index is 1200. The summed E-state index contributed by atoms with van der Waals surface area (Å²) in [5.74, 6) is -4.00. The molecule has 0 atom stereocenters. The van der Waals surface area contributed by atoms with Gasteiger partial charge in [0.15, 0.2) is 5.76 Å². The number of aryl methyl sites for hydroxylation is 2. The summed E-state index contributed by atoms with van der Waals surface area (Å²) in [4.78, 5) is 38.0. The lowest BCUT2D eigenvalue weighted by atomic mass is 10.1. The summed E-state index contributed by atoms with van der Waals surface area (Å²) < 4.78 is 33.9. The third-order valence-corrected chi connectivity index (χ3v) is 4.72. The zero-order chi connectivity index (χ0) is 20.9. The number of hydrogen-bond acceptors (Lipinski definition) is 4. The highest BCUT2D eigenvalue weighted by atomic mass is 19.1. The van der Waals surface area contributed by atoms with Gasteiger partial charge in [-0.05, 0) is 49.7 Å². The van der Waals surface area contributed by atoms with Gasteiger partial charge >= 0.3 is 0 Å². The van der Waals surface area contributed by atoms with Crippen LogP contribution in [0.25, 0.3) is 0 Å². The molecule has 0 saturated heterocycles. The normalized spacial score (nSPS) is 13.0. The number of carbonyl (C=O) groups is 3. The average molecular weight is 396 g/mol. The topological polar surface area (TPSA) is 79.6 Å². The van der Waals surface area contributed by atoms with Crippen molar-refractivity contribution in [3.63, 3.8) is 0 Å². The number of imide groups is 1. The van der Waals surface area contributed by atoms with Crippen LogP contribution in [0.15, 0.2) is 47.1 Å². The van der Waals surface area contributed by atoms with E-state index >= 15 is 0 Å². The smallest absolute Gasteiger partial charge is 0.291 e. The zero-order valence-corrected chi connectivity index (χ0v) is 15.4. The minimum absolute atomic E-state index is 0.0877. The quantitative estimate of drug-likeness (QED) is 0.672.